The number of para-hydroxylation sites is 3. The minimum atomic E-state index is -2.90. The minimum absolute atomic E-state index is 1.10. The second-order valence-electron chi connectivity index (χ2n) is 21.1. The van der Waals surface area contributed by atoms with E-state index in [1.807, 2.05) is 0 Å². The van der Waals surface area contributed by atoms with Gasteiger partial charge in [0, 0.05) is 32.9 Å². The van der Waals surface area contributed by atoms with E-state index in [2.05, 4.69) is 337 Å². The van der Waals surface area contributed by atoms with Gasteiger partial charge in [-0.3, -0.25) is 0 Å². The SMILES string of the molecule is c1ccc(-c2cccc(-c3ccccc3)c2-c2c(-c3cccc(-n4c5ccccc5c5cc(-n6c7ccccc7c7ccccc76)ccc54)c3)cccc2-c2cccc([Si](c3ccccc3)(c3ccccc3)c3ccccc3)c2)cc1. The second kappa shape index (κ2) is 20.2. The van der Waals surface area contributed by atoms with E-state index >= 15 is 0 Å². The smallest absolute Gasteiger partial charge is 0.179 e. The van der Waals surface area contributed by atoms with Crippen LogP contribution in [0.4, 0.5) is 0 Å². The molecular weight excluding hydrogens is 993 g/mol. The lowest BCUT2D eigenvalue weighted by molar-refractivity contribution is 1.17. The maximum Gasteiger partial charge on any atom is 0.179 e. The van der Waals surface area contributed by atoms with Crippen LogP contribution >= 0.6 is 0 Å². The van der Waals surface area contributed by atoms with Crippen molar-refractivity contribution in [1.82, 2.24) is 9.13 Å². The van der Waals surface area contributed by atoms with E-state index in [9.17, 15) is 0 Å². The van der Waals surface area contributed by atoms with Crippen molar-refractivity contribution >= 4 is 72.4 Å². The van der Waals surface area contributed by atoms with Crippen molar-refractivity contribution in [3.05, 3.63) is 328 Å². The van der Waals surface area contributed by atoms with E-state index in [4.69, 9.17) is 0 Å². The summed E-state index contributed by atoms with van der Waals surface area (Å²) in [6.07, 6.45) is 0. The van der Waals surface area contributed by atoms with Gasteiger partial charge in [-0.1, -0.05) is 279 Å². The highest BCUT2D eigenvalue weighted by Gasteiger charge is 2.41. The maximum absolute atomic E-state index is 2.90. The van der Waals surface area contributed by atoms with Crippen molar-refractivity contribution in [2.45, 2.75) is 0 Å². The van der Waals surface area contributed by atoms with Crippen LogP contribution < -0.4 is 20.7 Å². The molecule has 15 rings (SSSR count). The number of benzene rings is 13. The summed E-state index contributed by atoms with van der Waals surface area (Å²) < 4.78 is 4.89. The molecule has 380 valence electrons. The number of hydrogen-bond donors (Lipinski definition) is 0. The third-order valence-electron chi connectivity index (χ3n) is 16.7. The molecule has 2 aromatic heterocycles. The lowest BCUT2D eigenvalue weighted by atomic mass is 9.81. The predicted molar refractivity (Wildman–Crippen MR) is 346 cm³/mol. The van der Waals surface area contributed by atoms with Gasteiger partial charge in [-0.2, -0.15) is 0 Å². The lowest BCUT2D eigenvalue weighted by Gasteiger charge is -2.34. The molecule has 0 bridgehead atoms. The van der Waals surface area contributed by atoms with E-state index in [1.54, 1.807) is 0 Å². The van der Waals surface area contributed by atoms with Gasteiger partial charge in [0.25, 0.3) is 0 Å². The summed E-state index contributed by atoms with van der Waals surface area (Å²) in [5.41, 5.74) is 18.7. The van der Waals surface area contributed by atoms with Gasteiger partial charge in [0.1, 0.15) is 0 Å². The molecule has 0 amide bonds. The van der Waals surface area contributed by atoms with Gasteiger partial charge in [0.05, 0.1) is 22.1 Å². The third-order valence-corrected chi connectivity index (χ3v) is 21.5. The van der Waals surface area contributed by atoms with E-state index in [-0.39, 0.29) is 0 Å². The Bertz CT molecular complexity index is 4580. The first-order chi connectivity index (χ1) is 40.2. The van der Waals surface area contributed by atoms with Gasteiger partial charge in [0.15, 0.2) is 8.07 Å². The van der Waals surface area contributed by atoms with Crippen molar-refractivity contribution in [3.63, 3.8) is 0 Å². The molecule has 15 aromatic rings. The number of fused-ring (bicyclic) bond motifs is 6. The molecular formula is C78H54N2Si. The van der Waals surface area contributed by atoms with Gasteiger partial charge >= 0.3 is 0 Å². The Morgan fingerprint density at radius 1 is 0.198 bits per heavy atom. The molecule has 0 atom stereocenters. The molecule has 0 N–H and O–H groups in total. The Morgan fingerprint density at radius 3 is 0.988 bits per heavy atom. The molecule has 0 saturated carbocycles. The molecule has 13 aromatic carbocycles. The molecule has 0 aliphatic heterocycles. The highest BCUT2D eigenvalue weighted by Crippen LogP contribution is 2.49. The first-order valence-electron chi connectivity index (χ1n) is 28.0. The Labute approximate surface area is 473 Å². The van der Waals surface area contributed by atoms with Crippen LogP contribution in [0.15, 0.2) is 328 Å². The Kier molecular flexibility index (Phi) is 11.9. The molecule has 0 unspecified atom stereocenters. The normalized spacial score (nSPS) is 11.7. The summed E-state index contributed by atoms with van der Waals surface area (Å²) >= 11 is 0. The highest BCUT2D eigenvalue weighted by molar-refractivity contribution is 7.19. The molecule has 2 heterocycles. The Morgan fingerprint density at radius 2 is 0.519 bits per heavy atom. The zero-order valence-electron chi connectivity index (χ0n) is 44.6. The molecule has 0 aliphatic rings. The average Bonchev–Trinajstić information content (AvgIpc) is 4.26. The average molecular weight is 1050 g/mol. The van der Waals surface area contributed by atoms with Crippen molar-refractivity contribution in [1.29, 1.82) is 0 Å². The molecule has 0 aliphatic carbocycles. The van der Waals surface area contributed by atoms with Crippen molar-refractivity contribution < 1.29 is 0 Å². The molecule has 0 radical (unpaired) electrons. The van der Waals surface area contributed by atoms with Gasteiger partial charge in [-0.15, -0.1) is 0 Å². The van der Waals surface area contributed by atoms with Crippen LogP contribution in [0.5, 0.6) is 0 Å². The van der Waals surface area contributed by atoms with Crippen LogP contribution in [0, 0.1) is 0 Å². The molecule has 2 nitrogen and oxygen atoms in total. The van der Waals surface area contributed by atoms with Crippen LogP contribution in [-0.4, -0.2) is 17.2 Å². The number of hydrogen-bond acceptors (Lipinski definition) is 0. The van der Waals surface area contributed by atoms with Gasteiger partial charge in [-0.25, -0.2) is 0 Å². The third kappa shape index (κ3) is 8.00. The standard InChI is InChI=1S/C78H54N2Si/c1-6-26-55(27-7-1)65-43-24-44-66(56-28-8-2-9-29-56)77(65)78-67(45-25-46-68(78)58-31-23-39-64(53-58)81(61-33-10-3-11-34-61,62-35-12-4-13-36-62)63-37-14-5-15-38-63)57-30-22-32-59(52-57)79-75-49-21-18-42-71(75)72-54-60(50-51-76(72)79)80-73-47-19-16-40-69(73)70-41-17-20-48-74(70)80/h1-54H. The van der Waals surface area contributed by atoms with E-state index in [1.165, 1.54) is 103 Å². The summed E-state index contributed by atoms with van der Waals surface area (Å²) in [5.74, 6) is 0. The Balaban J connectivity index is 0.983. The molecule has 3 heteroatoms. The van der Waals surface area contributed by atoms with E-state index in [0.29, 0.717) is 0 Å². The fraction of sp³-hybridized carbons (Fsp3) is 0. The molecule has 0 spiro atoms. The second-order valence-corrected chi connectivity index (χ2v) is 24.9. The summed E-state index contributed by atoms with van der Waals surface area (Å²) in [6.45, 7) is 0. The maximum atomic E-state index is 2.53. The minimum Gasteiger partial charge on any atom is -0.309 e. The van der Waals surface area contributed by atoms with Crippen molar-refractivity contribution in [3.8, 4) is 67.0 Å². The monoisotopic (exact) mass is 1050 g/mol. The number of rotatable bonds is 11. The lowest BCUT2D eigenvalue weighted by Crippen LogP contribution is -2.74. The number of nitrogens with zero attached hydrogens (tertiary/aromatic N) is 2. The van der Waals surface area contributed by atoms with Crippen molar-refractivity contribution in [2.75, 3.05) is 0 Å². The zero-order chi connectivity index (χ0) is 53.7. The van der Waals surface area contributed by atoms with Crippen LogP contribution in [0.3, 0.4) is 0 Å². The van der Waals surface area contributed by atoms with Crippen molar-refractivity contribution in [2.24, 2.45) is 0 Å². The number of aromatic nitrogens is 2. The fourth-order valence-electron chi connectivity index (χ4n) is 13.2. The topological polar surface area (TPSA) is 9.86 Å². The van der Waals surface area contributed by atoms with Crippen LogP contribution in [0.1, 0.15) is 0 Å². The molecule has 81 heavy (non-hydrogen) atoms. The fourth-order valence-corrected chi connectivity index (χ4v) is 18.0. The zero-order valence-corrected chi connectivity index (χ0v) is 45.6. The summed E-state index contributed by atoms with van der Waals surface area (Å²) in [4.78, 5) is 0. The van der Waals surface area contributed by atoms with E-state index < -0.39 is 8.07 Å². The van der Waals surface area contributed by atoms with Gasteiger partial charge in [0.2, 0.25) is 0 Å². The largest absolute Gasteiger partial charge is 0.309 e. The first kappa shape index (κ1) is 47.9. The van der Waals surface area contributed by atoms with Crippen LogP contribution in [0.2, 0.25) is 0 Å². The summed E-state index contributed by atoms with van der Waals surface area (Å²) in [6, 6.07) is 122. The summed E-state index contributed by atoms with van der Waals surface area (Å²) in [7, 11) is -2.90. The van der Waals surface area contributed by atoms with Crippen LogP contribution in [0.25, 0.3) is 111 Å². The molecule has 0 fully saturated rings. The van der Waals surface area contributed by atoms with Gasteiger partial charge in [-0.05, 0) is 125 Å². The van der Waals surface area contributed by atoms with Gasteiger partial charge < -0.3 is 9.13 Å². The van der Waals surface area contributed by atoms with Crippen LogP contribution in [-0.2, 0) is 0 Å². The quantitative estimate of drug-likeness (QED) is 0.0902. The Hall–Kier alpha value is -10.3. The van der Waals surface area contributed by atoms with E-state index in [0.717, 1.165) is 28.0 Å². The summed E-state index contributed by atoms with van der Waals surface area (Å²) in [5, 5.41) is 10.3. The highest BCUT2D eigenvalue weighted by atomic mass is 28.3. The predicted octanol–water partition coefficient (Wildman–Crippen LogP) is 17.6. The first-order valence-corrected chi connectivity index (χ1v) is 30.0. The molecule has 0 saturated heterocycles.